The SMILES string of the molecule is Clc1ccc(CNc2nc(-c3ccccc3)ns2)cn1. The third-order valence-corrected chi connectivity index (χ3v) is 3.59. The number of rotatable bonds is 4. The van der Waals surface area contributed by atoms with E-state index in [1.54, 1.807) is 12.3 Å². The summed E-state index contributed by atoms with van der Waals surface area (Å²) < 4.78 is 4.34. The summed E-state index contributed by atoms with van der Waals surface area (Å²) in [6.45, 7) is 0.646. The molecule has 2 aromatic heterocycles. The lowest BCUT2D eigenvalue weighted by atomic mass is 10.2. The number of nitrogens with zero attached hydrogens (tertiary/aromatic N) is 3. The molecule has 0 aliphatic heterocycles. The van der Waals surface area contributed by atoms with E-state index in [0.29, 0.717) is 11.7 Å². The lowest BCUT2D eigenvalue weighted by Crippen LogP contribution is -1.99. The molecule has 0 bridgehead atoms. The molecule has 1 N–H and O–H groups in total. The topological polar surface area (TPSA) is 50.7 Å². The maximum absolute atomic E-state index is 5.75. The van der Waals surface area contributed by atoms with Gasteiger partial charge in [-0.2, -0.15) is 9.36 Å². The maximum atomic E-state index is 5.75. The van der Waals surface area contributed by atoms with Crippen LogP contribution in [0.25, 0.3) is 11.4 Å². The number of nitrogens with one attached hydrogen (secondary N) is 1. The van der Waals surface area contributed by atoms with Crippen molar-refractivity contribution in [1.29, 1.82) is 0 Å². The summed E-state index contributed by atoms with van der Waals surface area (Å²) in [5.74, 6) is 0.743. The lowest BCUT2D eigenvalue weighted by molar-refractivity contribution is 1.10. The van der Waals surface area contributed by atoms with Crippen LogP contribution >= 0.6 is 23.1 Å². The van der Waals surface area contributed by atoms with Gasteiger partial charge in [-0.05, 0) is 11.6 Å². The van der Waals surface area contributed by atoms with Gasteiger partial charge in [0.05, 0.1) is 0 Å². The van der Waals surface area contributed by atoms with E-state index in [0.717, 1.165) is 22.1 Å². The van der Waals surface area contributed by atoms with E-state index in [1.165, 1.54) is 11.5 Å². The van der Waals surface area contributed by atoms with Crippen LogP contribution in [0.15, 0.2) is 48.7 Å². The zero-order valence-corrected chi connectivity index (χ0v) is 12.0. The van der Waals surface area contributed by atoms with Gasteiger partial charge in [-0.25, -0.2) is 4.98 Å². The van der Waals surface area contributed by atoms with Gasteiger partial charge in [0.2, 0.25) is 5.13 Å². The lowest BCUT2D eigenvalue weighted by Gasteiger charge is -2.01. The minimum atomic E-state index is 0.496. The Bertz CT molecular complexity index is 682. The highest BCUT2D eigenvalue weighted by Gasteiger charge is 2.05. The van der Waals surface area contributed by atoms with Crippen LogP contribution in [0.5, 0.6) is 0 Å². The monoisotopic (exact) mass is 302 g/mol. The van der Waals surface area contributed by atoms with Gasteiger partial charge in [-0.15, -0.1) is 0 Å². The van der Waals surface area contributed by atoms with Crippen LogP contribution in [0.1, 0.15) is 5.56 Å². The fourth-order valence-corrected chi connectivity index (χ4v) is 2.38. The zero-order valence-electron chi connectivity index (χ0n) is 10.5. The Balaban J connectivity index is 1.67. The molecule has 1 aromatic carbocycles. The van der Waals surface area contributed by atoms with Crippen molar-refractivity contribution in [2.24, 2.45) is 0 Å². The molecule has 0 saturated carbocycles. The summed E-state index contributed by atoms with van der Waals surface area (Å²) in [6, 6.07) is 13.6. The van der Waals surface area contributed by atoms with Crippen LogP contribution in [-0.4, -0.2) is 14.3 Å². The molecule has 6 heteroatoms. The fourth-order valence-electron chi connectivity index (χ4n) is 1.69. The first-order chi connectivity index (χ1) is 9.81. The highest BCUT2D eigenvalue weighted by molar-refractivity contribution is 7.09. The molecule has 0 radical (unpaired) electrons. The summed E-state index contributed by atoms with van der Waals surface area (Å²) >= 11 is 7.10. The van der Waals surface area contributed by atoms with Crippen molar-refractivity contribution in [2.75, 3.05) is 5.32 Å². The van der Waals surface area contributed by atoms with Gasteiger partial charge in [0, 0.05) is 29.8 Å². The fraction of sp³-hybridized carbons (Fsp3) is 0.0714. The maximum Gasteiger partial charge on any atom is 0.203 e. The Kier molecular flexibility index (Phi) is 3.90. The van der Waals surface area contributed by atoms with Crippen LogP contribution in [0.4, 0.5) is 5.13 Å². The van der Waals surface area contributed by atoms with Crippen molar-refractivity contribution in [3.8, 4) is 11.4 Å². The van der Waals surface area contributed by atoms with Crippen molar-refractivity contribution in [3.05, 3.63) is 59.4 Å². The van der Waals surface area contributed by atoms with Crippen molar-refractivity contribution in [3.63, 3.8) is 0 Å². The number of halogens is 1. The molecular weight excluding hydrogens is 292 g/mol. The molecule has 4 nitrogen and oxygen atoms in total. The molecule has 0 atom stereocenters. The van der Waals surface area contributed by atoms with Gasteiger partial charge < -0.3 is 5.32 Å². The van der Waals surface area contributed by atoms with Gasteiger partial charge >= 0.3 is 0 Å². The van der Waals surface area contributed by atoms with Crippen LogP contribution in [0.2, 0.25) is 5.15 Å². The van der Waals surface area contributed by atoms with Crippen molar-refractivity contribution in [1.82, 2.24) is 14.3 Å². The molecule has 20 heavy (non-hydrogen) atoms. The average Bonchev–Trinajstić information content (AvgIpc) is 2.97. The molecule has 0 spiro atoms. The van der Waals surface area contributed by atoms with E-state index < -0.39 is 0 Å². The summed E-state index contributed by atoms with van der Waals surface area (Å²) in [5.41, 5.74) is 2.07. The Hall–Kier alpha value is -1.98. The zero-order chi connectivity index (χ0) is 13.8. The van der Waals surface area contributed by atoms with Crippen LogP contribution in [0.3, 0.4) is 0 Å². The molecule has 0 aliphatic carbocycles. The molecule has 0 saturated heterocycles. The van der Waals surface area contributed by atoms with E-state index in [9.17, 15) is 0 Å². The number of benzene rings is 1. The van der Waals surface area contributed by atoms with Crippen molar-refractivity contribution >= 4 is 28.3 Å². The van der Waals surface area contributed by atoms with E-state index in [-0.39, 0.29) is 0 Å². The largest absolute Gasteiger partial charge is 0.356 e. The predicted molar refractivity (Wildman–Crippen MR) is 81.9 cm³/mol. The minimum Gasteiger partial charge on any atom is -0.356 e. The molecular formula is C14H11ClN4S. The van der Waals surface area contributed by atoms with E-state index in [1.807, 2.05) is 36.4 Å². The number of hydrogen-bond acceptors (Lipinski definition) is 5. The minimum absolute atomic E-state index is 0.496. The summed E-state index contributed by atoms with van der Waals surface area (Å²) in [4.78, 5) is 8.50. The number of pyridine rings is 1. The summed E-state index contributed by atoms with van der Waals surface area (Å²) in [6.07, 6.45) is 1.74. The van der Waals surface area contributed by atoms with Crippen molar-refractivity contribution < 1.29 is 0 Å². The van der Waals surface area contributed by atoms with Crippen LogP contribution < -0.4 is 5.32 Å². The van der Waals surface area contributed by atoms with E-state index in [2.05, 4.69) is 19.7 Å². The Morgan fingerprint density at radius 3 is 2.70 bits per heavy atom. The van der Waals surface area contributed by atoms with Gasteiger partial charge in [-0.1, -0.05) is 48.0 Å². The molecule has 100 valence electrons. The van der Waals surface area contributed by atoms with Crippen LogP contribution in [0, 0.1) is 0 Å². The first-order valence-corrected chi connectivity index (χ1v) is 7.20. The normalized spacial score (nSPS) is 10.4. The number of aromatic nitrogens is 3. The highest BCUT2D eigenvalue weighted by atomic mass is 35.5. The molecule has 0 fully saturated rings. The first-order valence-electron chi connectivity index (χ1n) is 6.05. The standard InChI is InChI=1S/C14H11ClN4S/c15-12-7-6-10(8-16-12)9-17-14-18-13(19-20-14)11-4-2-1-3-5-11/h1-8H,9H2,(H,17,18,19). The second kappa shape index (κ2) is 5.98. The van der Waals surface area contributed by atoms with Gasteiger partial charge in [0.25, 0.3) is 0 Å². The summed E-state index contributed by atoms with van der Waals surface area (Å²) in [7, 11) is 0. The summed E-state index contributed by atoms with van der Waals surface area (Å²) in [5, 5.41) is 4.52. The van der Waals surface area contributed by atoms with E-state index in [4.69, 9.17) is 11.6 Å². The number of hydrogen-bond donors (Lipinski definition) is 1. The van der Waals surface area contributed by atoms with Crippen molar-refractivity contribution in [2.45, 2.75) is 6.54 Å². The Labute approximate surface area is 125 Å². The van der Waals surface area contributed by atoms with Crippen LogP contribution in [-0.2, 0) is 6.54 Å². The van der Waals surface area contributed by atoms with E-state index >= 15 is 0 Å². The Morgan fingerprint density at radius 2 is 1.95 bits per heavy atom. The highest BCUT2D eigenvalue weighted by Crippen LogP contribution is 2.21. The third-order valence-electron chi connectivity index (χ3n) is 2.69. The Morgan fingerprint density at radius 1 is 1.10 bits per heavy atom. The quantitative estimate of drug-likeness (QED) is 0.743. The van der Waals surface area contributed by atoms with Gasteiger partial charge in [0.1, 0.15) is 5.15 Å². The predicted octanol–water partition coefficient (Wildman–Crippen LogP) is 3.87. The van der Waals surface area contributed by atoms with Gasteiger partial charge in [0.15, 0.2) is 5.82 Å². The first kappa shape index (κ1) is 13.0. The number of anilines is 1. The molecule has 2 heterocycles. The van der Waals surface area contributed by atoms with Gasteiger partial charge in [-0.3, -0.25) is 0 Å². The molecule has 0 amide bonds. The molecule has 3 aromatic rings. The molecule has 3 rings (SSSR count). The average molecular weight is 303 g/mol. The molecule has 0 aliphatic rings. The second-order valence-electron chi connectivity index (χ2n) is 4.13. The third kappa shape index (κ3) is 3.12. The smallest absolute Gasteiger partial charge is 0.203 e. The second-order valence-corrected chi connectivity index (χ2v) is 5.27. The molecule has 0 unspecified atom stereocenters.